The molecule has 10 rings (SSSR count). The first kappa shape index (κ1) is 27.9. The van der Waals surface area contributed by atoms with Crippen LogP contribution in [0.3, 0.4) is 0 Å². The predicted octanol–water partition coefficient (Wildman–Crippen LogP) is 12.2. The van der Waals surface area contributed by atoms with Gasteiger partial charge in [0.15, 0.2) is 0 Å². The van der Waals surface area contributed by atoms with Gasteiger partial charge in [-0.25, -0.2) is 4.98 Å². The Morgan fingerprint density at radius 2 is 1.20 bits per heavy atom. The quantitative estimate of drug-likeness (QED) is 0.194. The van der Waals surface area contributed by atoms with Gasteiger partial charge in [0.1, 0.15) is 16.8 Å². The summed E-state index contributed by atoms with van der Waals surface area (Å²) in [5.41, 5.74) is 17.1. The molecule has 3 nitrogen and oxygen atoms in total. The maximum atomic E-state index is 6.43. The molecule has 0 fully saturated rings. The summed E-state index contributed by atoms with van der Waals surface area (Å²) < 4.78 is 8.61. The van der Waals surface area contributed by atoms with Crippen LogP contribution in [0.1, 0.15) is 25.0 Å². The van der Waals surface area contributed by atoms with Gasteiger partial charge in [0.05, 0.1) is 11.4 Å². The lowest BCUT2D eigenvalue weighted by Crippen LogP contribution is -2.14. The smallest absolute Gasteiger partial charge is 0.137 e. The molecule has 0 saturated carbocycles. The van der Waals surface area contributed by atoms with Crippen molar-refractivity contribution in [3.8, 4) is 55.9 Å². The lowest BCUT2D eigenvalue weighted by atomic mass is 9.81. The monoisotopic (exact) mass is 628 g/mol. The first-order chi connectivity index (χ1) is 24.0. The van der Waals surface area contributed by atoms with Crippen LogP contribution < -0.4 is 0 Å². The second kappa shape index (κ2) is 10.4. The van der Waals surface area contributed by atoms with Gasteiger partial charge in [-0.3, -0.25) is 4.40 Å². The van der Waals surface area contributed by atoms with Gasteiger partial charge in [0.25, 0.3) is 0 Å². The van der Waals surface area contributed by atoms with Gasteiger partial charge in [0, 0.05) is 33.5 Å². The molecule has 3 aromatic heterocycles. The molecule has 49 heavy (non-hydrogen) atoms. The van der Waals surface area contributed by atoms with Crippen molar-refractivity contribution in [1.82, 2.24) is 9.38 Å². The Kier molecular flexibility index (Phi) is 5.92. The molecule has 9 aromatic rings. The van der Waals surface area contributed by atoms with Gasteiger partial charge in [-0.05, 0) is 80.9 Å². The van der Waals surface area contributed by atoms with E-state index in [0.717, 1.165) is 61.2 Å². The summed E-state index contributed by atoms with van der Waals surface area (Å²) in [5.74, 6) is 0. The number of fused-ring (bicyclic) bond motifs is 7. The van der Waals surface area contributed by atoms with Crippen LogP contribution in [0.15, 0.2) is 162 Å². The Labute approximate surface area is 284 Å². The van der Waals surface area contributed by atoms with Gasteiger partial charge in [-0.1, -0.05) is 129 Å². The standard InChI is InChI=1S/C46H32N2O/c1-46(2)38-15-7-6-13-35(38)36-24-22-33(28-39(36)46)32-23-25-40-37(27-32)43-34(14-10-16-41(43)49-40)29-18-20-30(21-19-29)44-45(31-11-4-3-5-12-31)48-26-9-8-17-42(48)47-44/h3-28H,1-2H3. The average molecular weight is 629 g/mol. The van der Waals surface area contributed by atoms with Crippen LogP contribution in [-0.4, -0.2) is 9.38 Å². The highest BCUT2D eigenvalue weighted by molar-refractivity contribution is 6.13. The van der Waals surface area contributed by atoms with Crippen LogP contribution in [0.25, 0.3) is 83.5 Å². The van der Waals surface area contributed by atoms with E-state index in [4.69, 9.17) is 9.40 Å². The van der Waals surface area contributed by atoms with Crippen LogP contribution in [0, 0.1) is 0 Å². The zero-order valence-corrected chi connectivity index (χ0v) is 27.3. The Hall–Kier alpha value is -6.19. The topological polar surface area (TPSA) is 30.4 Å². The molecule has 0 radical (unpaired) electrons. The van der Waals surface area contributed by atoms with Crippen molar-refractivity contribution < 1.29 is 4.42 Å². The molecule has 6 aromatic carbocycles. The Morgan fingerprint density at radius 1 is 0.510 bits per heavy atom. The summed E-state index contributed by atoms with van der Waals surface area (Å²) in [6.45, 7) is 4.67. The second-order valence-corrected chi connectivity index (χ2v) is 13.6. The Balaban J connectivity index is 1.07. The molecular formula is C46H32N2O. The fraction of sp³-hybridized carbons (Fsp3) is 0.0652. The summed E-state index contributed by atoms with van der Waals surface area (Å²) in [7, 11) is 0. The third-order valence-corrected chi connectivity index (χ3v) is 10.5. The second-order valence-electron chi connectivity index (χ2n) is 13.6. The van der Waals surface area contributed by atoms with Gasteiger partial charge >= 0.3 is 0 Å². The molecule has 0 amide bonds. The van der Waals surface area contributed by atoms with Crippen molar-refractivity contribution in [2.24, 2.45) is 0 Å². The third kappa shape index (κ3) is 4.19. The van der Waals surface area contributed by atoms with Crippen molar-refractivity contribution in [2.45, 2.75) is 19.3 Å². The number of nitrogens with zero attached hydrogens (tertiary/aromatic N) is 2. The Bertz CT molecular complexity index is 2730. The van der Waals surface area contributed by atoms with E-state index >= 15 is 0 Å². The number of aromatic nitrogens is 2. The minimum atomic E-state index is -0.0428. The minimum absolute atomic E-state index is 0.0428. The molecule has 0 saturated heterocycles. The number of rotatable bonds is 4. The Morgan fingerprint density at radius 3 is 2.08 bits per heavy atom. The highest BCUT2D eigenvalue weighted by atomic mass is 16.3. The highest BCUT2D eigenvalue weighted by Gasteiger charge is 2.35. The molecule has 1 aliphatic carbocycles. The van der Waals surface area contributed by atoms with E-state index in [1.54, 1.807) is 0 Å². The van der Waals surface area contributed by atoms with Crippen molar-refractivity contribution >= 4 is 27.6 Å². The zero-order valence-electron chi connectivity index (χ0n) is 27.3. The molecule has 0 spiro atoms. The van der Waals surface area contributed by atoms with E-state index in [0.29, 0.717) is 0 Å². The van der Waals surface area contributed by atoms with Crippen LogP contribution in [-0.2, 0) is 5.41 Å². The SMILES string of the molecule is CC1(C)c2ccccc2-c2ccc(-c3ccc4oc5cccc(-c6ccc(-c7nc8ccccn8c7-c7ccccc7)cc6)c5c4c3)cc21. The van der Waals surface area contributed by atoms with E-state index in [1.165, 1.54) is 33.4 Å². The van der Waals surface area contributed by atoms with Crippen molar-refractivity contribution in [1.29, 1.82) is 0 Å². The van der Waals surface area contributed by atoms with Gasteiger partial charge in [-0.2, -0.15) is 0 Å². The number of imidazole rings is 1. The van der Waals surface area contributed by atoms with Gasteiger partial charge in [-0.15, -0.1) is 0 Å². The fourth-order valence-electron chi connectivity index (χ4n) is 8.01. The van der Waals surface area contributed by atoms with Crippen LogP contribution in [0.4, 0.5) is 0 Å². The van der Waals surface area contributed by atoms with Crippen molar-refractivity contribution in [3.05, 3.63) is 169 Å². The van der Waals surface area contributed by atoms with E-state index in [-0.39, 0.29) is 5.41 Å². The van der Waals surface area contributed by atoms with Crippen LogP contribution in [0.5, 0.6) is 0 Å². The molecule has 1 aliphatic rings. The molecule has 3 heteroatoms. The molecule has 0 aliphatic heterocycles. The highest BCUT2D eigenvalue weighted by Crippen LogP contribution is 2.50. The summed E-state index contributed by atoms with van der Waals surface area (Å²) in [6, 6.07) is 54.2. The largest absolute Gasteiger partial charge is 0.456 e. The van der Waals surface area contributed by atoms with E-state index in [1.807, 2.05) is 6.07 Å². The molecular weight excluding hydrogens is 597 g/mol. The van der Waals surface area contributed by atoms with E-state index < -0.39 is 0 Å². The molecule has 0 N–H and O–H groups in total. The van der Waals surface area contributed by atoms with Crippen LogP contribution in [0.2, 0.25) is 0 Å². The lowest BCUT2D eigenvalue weighted by Gasteiger charge is -2.22. The van der Waals surface area contributed by atoms with E-state index in [2.05, 4.69) is 170 Å². The summed E-state index contributed by atoms with van der Waals surface area (Å²) in [5, 5.41) is 2.26. The first-order valence-electron chi connectivity index (χ1n) is 16.9. The average Bonchev–Trinajstić information content (AvgIpc) is 3.80. The maximum Gasteiger partial charge on any atom is 0.137 e. The number of hydrogen-bond acceptors (Lipinski definition) is 2. The molecule has 0 unspecified atom stereocenters. The first-order valence-corrected chi connectivity index (χ1v) is 16.9. The normalized spacial score (nSPS) is 13.3. The van der Waals surface area contributed by atoms with Gasteiger partial charge in [0.2, 0.25) is 0 Å². The number of furan rings is 1. The predicted molar refractivity (Wildman–Crippen MR) is 202 cm³/mol. The van der Waals surface area contributed by atoms with E-state index in [9.17, 15) is 0 Å². The number of pyridine rings is 1. The lowest BCUT2D eigenvalue weighted by molar-refractivity contribution is 0.660. The van der Waals surface area contributed by atoms with Crippen molar-refractivity contribution in [2.75, 3.05) is 0 Å². The fourth-order valence-corrected chi connectivity index (χ4v) is 8.01. The summed E-state index contributed by atoms with van der Waals surface area (Å²) >= 11 is 0. The van der Waals surface area contributed by atoms with Crippen LogP contribution >= 0.6 is 0 Å². The van der Waals surface area contributed by atoms with Gasteiger partial charge < -0.3 is 4.42 Å². The zero-order chi connectivity index (χ0) is 32.7. The maximum absolute atomic E-state index is 6.43. The van der Waals surface area contributed by atoms with Crippen molar-refractivity contribution in [3.63, 3.8) is 0 Å². The number of benzene rings is 6. The molecule has 3 heterocycles. The third-order valence-electron chi connectivity index (χ3n) is 10.5. The molecule has 0 bridgehead atoms. The molecule has 0 atom stereocenters. The summed E-state index contributed by atoms with van der Waals surface area (Å²) in [6.07, 6.45) is 2.09. The number of hydrogen-bond donors (Lipinski definition) is 0. The minimum Gasteiger partial charge on any atom is -0.456 e. The summed E-state index contributed by atoms with van der Waals surface area (Å²) in [4.78, 5) is 5.07. The molecule has 232 valence electrons.